The molecule has 1 atom stereocenters. The van der Waals surface area contributed by atoms with Gasteiger partial charge in [-0.2, -0.15) is 13.2 Å². The van der Waals surface area contributed by atoms with Gasteiger partial charge in [0.2, 0.25) is 0 Å². The molecule has 0 radical (unpaired) electrons. The zero-order valence-corrected chi connectivity index (χ0v) is 22.4. The lowest BCUT2D eigenvalue weighted by Gasteiger charge is -2.27. The van der Waals surface area contributed by atoms with Crippen LogP contribution in [0, 0.1) is 13.8 Å². The van der Waals surface area contributed by atoms with Crippen molar-refractivity contribution in [3.05, 3.63) is 75.2 Å². The number of carboxylic acid groups (broad SMARTS) is 1. The standard InChI is InChI=1S/C29H33F3O3S/c1-7-23(27(33)34)35-26-18(3)14-19(16-22(26)28(4,5)6)8-13-24-17(2)15-25(36-24)20-9-11-21(12-10-20)29(30,31)32/h9-12,14-16,23H,7-8,13H2,1-6H3,(H,33,34). The van der Waals surface area contributed by atoms with Gasteiger partial charge in [0.1, 0.15) is 5.75 Å². The van der Waals surface area contributed by atoms with Crippen molar-refractivity contribution in [3.8, 4) is 16.2 Å². The predicted octanol–water partition coefficient (Wildman–Crippen LogP) is 8.38. The Kier molecular flexibility index (Phi) is 8.23. The molecule has 194 valence electrons. The SMILES string of the molecule is CCC(Oc1c(C)cc(CCc2sc(-c3ccc(C(F)(F)F)cc3)cc2C)cc1C(C)(C)C)C(=O)O. The van der Waals surface area contributed by atoms with E-state index >= 15 is 0 Å². The minimum Gasteiger partial charge on any atom is -0.479 e. The molecule has 3 nitrogen and oxygen atoms in total. The summed E-state index contributed by atoms with van der Waals surface area (Å²) in [5.74, 6) is -0.338. The average molecular weight is 519 g/mol. The molecule has 0 spiro atoms. The number of aliphatic carboxylic acids is 1. The maximum atomic E-state index is 12.9. The zero-order valence-electron chi connectivity index (χ0n) is 21.5. The van der Waals surface area contributed by atoms with Crippen molar-refractivity contribution >= 4 is 17.3 Å². The molecule has 7 heteroatoms. The van der Waals surface area contributed by atoms with Crippen LogP contribution in [0.3, 0.4) is 0 Å². The number of carboxylic acids is 1. The van der Waals surface area contributed by atoms with Gasteiger partial charge in [-0.15, -0.1) is 11.3 Å². The van der Waals surface area contributed by atoms with E-state index in [2.05, 4.69) is 32.9 Å². The smallest absolute Gasteiger partial charge is 0.416 e. The molecule has 1 unspecified atom stereocenters. The molecule has 0 aliphatic rings. The predicted molar refractivity (Wildman–Crippen MR) is 139 cm³/mol. The number of halogens is 3. The van der Waals surface area contributed by atoms with Crippen LogP contribution in [0.1, 0.15) is 66.8 Å². The van der Waals surface area contributed by atoms with Gasteiger partial charge >= 0.3 is 12.1 Å². The summed E-state index contributed by atoms with van der Waals surface area (Å²) in [6.45, 7) is 12.0. The molecule has 0 saturated carbocycles. The van der Waals surface area contributed by atoms with E-state index in [4.69, 9.17) is 4.74 Å². The molecule has 0 aliphatic heterocycles. The van der Waals surface area contributed by atoms with Gasteiger partial charge in [-0.25, -0.2) is 4.79 Å². The Labute approximate surface area is 214 Å². The maximum absolute atomic E-state index is 12.9. The van der Waals surface area contributed by atoms with Crippen LogP contribution in [0.25, 0.3) is 10.4 Å². The Balaban J connectivity index is 1.83. The van der Waals surface area contributed by atoms with Crippen LogP contribution >= 0.6 is 11.3 Å². The highest BCUT2D eigenvalue weighted by atomic mass is 32.1. The van der Waals surface area contributed by atoms with Crippen molar-refractivity contribution in [1.29, 1.82) is 0 Å². The van der Waals surface area contributed by atoms with Crippen LogP contribution in [0.4, 0.5) is 13.2 Å². The first-order chi connectivity index (χ1) is 16.7. The molecule has 0 bridgehead atoms. The first-order valence-corrected chi connectivity index (χ1v) is 12.8. The number of aryl methyl sites for hydroxylation is 4. The van der Waals surface area contributed by atoms with E-state index in [0.29, 0.717) is 12.2 Å². The normalized spacial score (nSPS) is 13.0. The summed E-state index contributed by atoms with van der Waals surface area (Å²) in [4.78, 5) is 13.7. The third kappa shape index (κ3) is 6.49. The number of benzene rings is 2. The molecule has 0 aliphatic carbocycles. The summed E-state index contributed by atoms with van der Waals surface area (Å²) in [7, 11) is 0. The van der Waals surface area contributed by atoms with E-state index in [-0.39, 0.29) is 5.41 Å². The fourth-order valence-corrected chi connectivity index (χ4v) is 5.33. The third-order valence-corrected chi connectivity index (χ3v) is 7.55. The second-order valence-corrected chi connectivity index (χ2v) is 11.3. The van der Waals surface area contributed by atoms with Crippen molar-refractivity contribution in [3.63, 3.8) is 0 Å². The number of hydrogen-bond donors (Lipinski definition) is 1. The Bertz CT molecular complexity index is 1220. The van der Waals surface area contributed by atoms with Gasteiger partial charge in [0, 0.05) is 15.3 Å². The highest BCUT2D eigenvalue weighted by Gasteiger charge is 2.30. The number of alkyl halides is 3. The van der Waals surface area contributed by atoms with E-state index in [1.54, 1.807) is 18.3 Å². The first-order valence-electron chi connectivity index (χ1n) is 12.0. The van der Waals surface area contributed by atoms with Crippen molar-refractivity contribution < 1.29 is 27.8 Å². The fourth-order valence-electron chi connectivity index (χ4n) is 4.15. The largest absolute Gasteiger partial charge is 0.479 e. The summed E-state index contributed by atoms with van der Waals surface area (Å²) in [5.41, 5.74) is 4.04. The van der Waals surface area contributed by atoms with Crippen LogP contribution in [0.15, 0.2) is 42.5 Å². The highest BCUT2D eigenvalue weighted by molar-refractivity contribution is 7.15. The van der Waals surface area contributed by atoms with Crippen LogP contribution in [-0.4, -0.2) is 17.2 Å². The molecular weight excluding hydrogens is 485 g/mol. The highest BCUT2D eigenvalue weighted by Crippen LogP contribution is 2.38. The maximum Gasteiger partial charge on any atom is 0.416 e. The minimum absolute atomic E-state index is 0.235. The lowest BCUT2D eigenvalue weighted by atomic mass is 9.83. The molecule has 1 heterocycles. The molecule has 3 aromatic rings. The van der Waals surface area contributed by atoms with Crippen LogP contribution in [0.5, 0.6) is 5.75 Å². The topological polar surface area (TPSA) is 46.5 Å². The van der Waals surface area contributed by atoms with Gasteiger partial charge < -0.3 is 9.84 Å². The molecule has 0 fully saturated rings. The van der Waals surface area contributed by atoms with E-state index in [1.807, 2.05) is 19.9 Å². The number of hydrogen-bond acceptors (Lipinski definition) is 3. The minimum atomic E-state index is -4.34. The third-order valence-electron chi connectivity index (χ3n) is 6.21. The second kappa shape index (κ2) is 10.7. The van der Waals surface area contributed by atoms with Crippen molar-refractivity contribution in [2.45, 2.75) is 78.5 Å². The monoisotopic (exact) mass is 518 g/mol. The van der Waals surface area contributed by atoms with Crippen LogP contribution < -0.4 is 4.74 Å². The molecule has 0 amide bonds. The van der Waals surface area contributed by atoms with Crippen molar-refractivity contribution in [2.24, 2.45) is 0 Å². The summed E-state index contributed by atoms with van der Waals surface area (Å²) in [6, 6.07) is 11.5. The molecule has 36 heavy (non-hydrogen) atoms. The Hall–Kier alpha value is -2.80. The van der Waals surface area contributed by atoms with Crippen molar-refractivity contribution in [1.82, 2.24) is 0 Å². The molecule has 3 rings (SSSR count). The molecular formula is C29H33F3O3S. The van der Waals surface area contributed by atoms with Crippen LogP contribution in [-0.2, 0) is 29.2 Å². The fraction of sp³-hybridized carbons (Fsp3) is 0.414. The Morgan fingerprint density at radius 3 is 2.17 bits per heavy atom. The van der Waals surface area contributed by atoms with Gasteiger partial charge in [-0.05, 0) is 79.0 Å². The Morgan fingerprint density at radius 2 is 1.64 bits per heavy atom. The van der Waals surface area contributed by atoms with E-state index in [1.165, 1.54) is 17.0 Å². The van der Waals surface area contributed by atoms with E-state index in [0.717, 1.165) is 57.7 Å². The number of ether oxygens (including phenoxy) is 1. The van der Waals surface area contributed by atoms with E-state index in [9.17, 15) is 23.1 Å². The number of carbonyl (C=O) groups is 1. The average Bonchev–Trinajstić information content (AvgIpc) is 3.15. The van der Waals surface area contributed by atoms with E-state index < -0.39 is 23.8 Å². The van der Waals surface area contributed by atoms with Gasteiger partial charge in [-0.1, -0.05) is 52.0 Å². The summed E-state index contributed by atoms with van der Waals surface area (Å²) in [6.07, 6.45) is -3.28. The molecule has 2 aromatic carbocycles. The van der Waals surface area contributed by atoms with Gasteiger partial charge in [0.25, 0.3) is 0 Å². The quantitative estimate of drug-likeness (QED) is 0.326. The van der Waals surface area contributed by atoms with Crippen LogP contribution in [0.2, 0.25) is 0 Å². The first kappa shape index (κ1) is 27.8. The molecule has 1 N–H and O–H groups in total. The van der Waals surface area contributed by atoms with Gasteiger partial charge in [0.05, 0.1) is 5.56 Å². The summed E-state index contributed by atoms with van der Waals surface area (Å²) in [5, 5.41) is 9.47. The Morgan fingerprint density at radius 1 is 1.00 bits per heavy atom. The zero-order chi connectivity index (χ0) is 26.8. The van der Waals surface area contributed by atoms with Crippen molar-refractivity contribution in [2.75, 3.05) is 0 Å². The number of rotatable bonds is 8. The summed E-state index contributed by atoms with van der Waals surface area (Å²) >= 11 is 1.61. The molecule has 1 aromatic heterocycles. The molecule has 0 saturated heterocycles. The lowest BCUT2D eigenvalue weighted by Crippen LogP contribution is -2.28. The van der Waals surface area contributed by atoms with Gasteiger partial charge in [-0.3, -0.25) is 0 Å². The van der Waals surface area contributed by atoms with Gasteiger partial charge in [0.15, 0.2) is 6.10 Å². The lowest BCUT2D eigenvalue weighted by molar-refractivity contribution is -0.145. The number of thiophene rings is 1. The summed E-state index contributed by atoms with van der Waals surface area (Å²) < 4.78 is 44.6. The second-order valence-electron chi connectivity index (χ2n) is 10.2.